The monoisotopic (exact) mass is 388 g/mol. The number of halogens is 4. The van der Waals surface area contributed by atoms with Gasteiger partial charge in [0.15, 0.2) is 0 Å². The van der Waals surface area contributed by atoms with Crippen LogP contribution in [0.15, 0.2) is 18.2 Å². The van der Waals surface area contributed by atoms with Crippen LogP contribution in [0.2, 0.25) is 5.02 Å². The van der Waals surface area contributed by atoms with Crippen molar-refractivity contribution < 1.29 is 22.8 Å². The average molecular weight is 389 g/mol. The predicted octanol–water partition coefficient (Wildman–Crippen LogP) is 4.34. The molecule has 0 atom stereocenters. The Labute approximate surface area is 154 Å². The molecule has 2 aliphatic rings. The van der Waals surface area contributed by atoms with Crippen LogP contribution in [0.25, 0.3) is 0 Å². The molecule has 1 aromatic carbocycles. The second-order valence-electron chi connectivity index (χ2n) is 6.91. The van der Waals surface area contributed by atoms with Gasteiger partial charge in [-0.25, -0.2) is 0 Å². The minimum atomic E-state index is -4.58. The Bertz CT molecular complexity index is 696. The Morgan fingerprint density at radius 3 is 2.27 bits per heavy atom. The molecule has 142 valence electrons. The van der Waals surface area contributed by atoms with Crippen molar-refractivity contribution >= 4 is 29.1 Å². The first-order valence-corrected chi connectivity index (χ1v) is 9.10. The fourth-order valence-corrected chi connectivity index (χ4v) is 3.56. The first-order valence-electron chi connectivity index (χ1n) is 8.72. The van der Waals surface area contributed by atoms with Crippen molar-refractivity contribution in [3.63, 3.8) is 0 Å². The van der Waals surface area contributed by atoms with E-state index in [1.165, 1.54) is 6.07 Å². The number of anilines is 1. The molecule has 3 rings (SSSR count). The number of alkyl halides is 3. The van der Waals surface area contributed by atoms with Crippen LogP contribution >= 0.6 is 11.6 Å². The van der Waals surface area contributed by atoms with Gasteiger partial charge in [0.2, 0.25) is 11.8 Å². The molecule has 0 bridgehead atoms. The summed E-state index contributed by atoms with van der Waals surface area (Å²) in [7, 11) is 0. The van der Waals surface area contributed by atoms with Crippen molar-refractivity contribution in [3.05, 3.63) is 28.8 Å². The molecule has 1 N–H and O–H groups in total. The van der Waals surface area contributed by atoms with E-state index in [1.54, 1.807) is 4.90 Å². The van der Waals surface area contributed by atoms with Gasteiger partial charge >= 0.3 is 6.18 Å². The highest BCUT2D eigenvalue weighted by Gasteiger charge is 2.35. The highest BCUT2D eigenvalue weighted by atomic mass is 35.5. The van der Waals surface area contributed by atoms with Crippen LogP contribution < -0.4 is 5.32 Å². The summed E-state index contributed by atoms with van der Waals surface area (Å²) in [5, 5.41) is 2.14. The molecule has 0 unspecified atom stereocenters. The lowest BCUT2D eigenvalue weighted by atomic mass is 9.83. The molecular formula is C18H20ClF3N2O2. The van der Waals surface area contributed by atoms with Crippen molar-refractivity contribution in [1.82, 2.24) is 4.90 Å². The highest BCUT2D eigenvalue weighted by molar-refractivity contribution is 6.31. The number of piperidine rings is 1. The van der Waals surface area contributed by atoms with E-state index in [2.05, 4.69) is 5.32 Å². The molecule has 1 aromatic rings. The molecular weight excluding hydrogens is 369 g/mol. The fourth-order valence-electron chi connectivity index (χ4n) is 3.34. The van der Waals surface area contributed by atoms with Gasteiger partial charge in [0.25, 0.3) is 0 Å². The predicted molar refractivity (Wildman–Crippen MR) is 91.7 cm³/mol. The van der Waals surface area contributed by atoms with Gasteiger partial charge in [0, 0.05) is 30.6 Å². The Hall–Kier alpha value is -1.76. The summed E-state index contributed by atoms with van der Waals surface area (Å²) in [6, 6.07) is 3.32. The topological polar surface area (TPSA) is 49.4 Å². The number of benzene rings is 1. The molecule has 8 heteroatoms. The summed E-state index contributed by atoms with van der Waals surface area (Å²) in [5.41, 5.74) is -0.905. The van der Waals surface area contributed by atoms with Gasteiger partial charge in [0.1, 0.15) is 0 Å². The zero-order valence-corrected chi connectivity index (χ0v) is 14.9. The minimum absolute atomic E-state index is 0.0692. The van der Waals surface area contributed by atoms with Crippen molar-refractivity contribution in [2.75, 3.05) is 18.4 Å². The largest absolute Gasteiger partial charge is 0.417 e. The molecule has 4 nitrogen and oxygen atoms in total. The summed E-state index contributed by atoms with van der Waals surface area (Å²) in [5.74, 6) is -0.334. The number of hydrogen-bond acceptors (Lipinski definition) is 2. The van der Waals surface area contributed by atoms with E-state index in [-0.39, 0.29) is 29.3 Å². The van der Waals surface area contributed by atoms with Crippen molar-refractivity contribution in [2.24, 2.45) is 11.8 Å². The number of nitrogens with zero attached hydrogens (tertiary/aromatic N) is 1. The van der Waals surface area contributed by atoms with Gasteiger partial charge in [-0.05, 0) is 43.9 Å². The fraction of sp³-hybridized carbons (Fsp3) is 0.556. The van der Waals surface area contributed by atoms with Crippen molar-refractivity contribution in [2.45, 2.75) is 38.3 Å². The van der Waals surface area contributed by atoms with Crippen LogP contribution in [0.5, 0.6) is 0 Å². The second kappa shape index (κ2) is 7.47. The van der Waals surface area contributed by atoms with E-state index < -0.39 is 16.8 Å². The SMILES string of the molecule is O=C(Nc1ccc(Cl)c(C(F)(F)F)c1)C1CCN(C(=O)C2CCC2)CC1. The minimum Gasteiger partial charge on any atom is -0.342 e. The number of carbonyl (C=O) groups excluding carboxylic acids is 2. The Kier molecular flexibility index (Phi) is 5.46. The van der Waals surface area contributed by atoms with Crippen molar-refractivity contribution in [3.8, 4) is 0 Å². The number of hydrogen-bond donors (Lipinski definition) is 1. The van der Waals surface area contributed by atoms with Gasteiger partial charge in [-0.3, -0.25) is 9.59 Å². The van der Waals surface area contributed by atoms with E-state index in [1.807, 2.05) is 0 Å². The van der Waals surface area contributed by atoms with Crippen LogP contribution in [0.1, 0.15) is 37.7 Å². The maximum atomic E-state index is 12.9. The molecule has 1 heterocycles. The molecule has 0 radical (unpaired) electrons. The van der Waals surface area contributed by atoms with Crippen LogP contribution in [0, 0.1) is 11.8 Å². The van der Waals surface area contributed by atoms with Gasteiger partial charge < -0.3 is 10.2 Å². The molecule has 0 spiro atoms. The maximum absolute atomic E-state index is 12.9. The summed E-state index contributed by atoms with van der Waals surface area (Å²) in [6.07, 6.45) is -0.565. The van der Waals surface area contributed by atoms with Crippen LogP contribution in [-0.2, 0) is 15.8 Å². The first kappa shape index (κ1) is 19.0. The third kappa shape index (κ3) is 4.14. The third-order valence-corrected chi connectivity index (χ3v) is 5.50. The van der Waals surface area contributed by atoms with Gasteiger partial charge in [-0.1, -0.05) is 18.0 Å². The molecule has 1 saturated carbocycles. The highest BCUT2D eigenvalue weighted by Crippen LogP contribution is 2.36. The zero-order chi connectivity index (χ0) is 18.9. The molecule has 1 saturated heterocycles. The van der Waals surface area contributed by atoms with E-state index in [9.17, 15) is 22.8 Å². The Morgan fingerprint density at radius 1 is 1.08 bits per heavy atom. The normalized spacial score (nSPS) is 19.2. The summed E-state index contributed by atoms with van der Waals surface area (Å²) < 4.78 is 38.7. The molecule has 0 aromatic heterocycles. The molecule has 2 fully saturated rings. The summed E-state index contributed by atoms with van der Waals surface area (Å²) >= 11 is 5.58. The number of carbonyl (C=O) groups is 2. The zero-order valence-electron chi connectivity index (χ0n) is 14.1. The van der Waals surface area contributed by atoms with E-state index in [0.717, 1.165) is 31.4 Å². The maximum Gasteiger partial charge on any atom is 0.417 e. The van der Waals surface area contributed by atoms with Gasteiger partial charge in [-0.15, -0.1) is 0 Å². The standard InChI is InChI=1S/C18H20ClF3N2O2/c19-15-5-4-13(10-14(15)18(20,21)22)23-16(25)11-6-8-24(9-7-11)17(26)12-2-1-3-12/h4-5,10-12H,1-3,6-9H2,(H,23,25). The lowest BCUT2D eigenvalue weighted by Gasteiger charge is -2.36. The number of amides is 2. The first-order chi connectivity index (χ1) is 12.3. The van der Waals surface area contributed by atoms with Crippen molar-refractivity contribution in [1.29, 1.82) is 0 Å². The van der Waals surface area contributed by atoms with Crippen LogP contribution in [0.4, 0.5) is 18.9 Å². The average Bonchev–Trinajstić information content (AvgIpc) is 2.54. The second-order valence-corrected chi connectivity index (χ2v) is 7.32. The van der Waals surface area contributed by atoms with Gasteiger partial charge in [0.05, 0.1) is 10.6 Å². The quantitative estimate of drug-likeness (QED) is 0.837. The third-order valence-electron chi connectivity index (χ3n) is 5.17. The number of likely N-dealkylation sites (tertiary alicyclic amines) is 1. The van der Waals surface area contributed by atoms with E-state index in [4.69, 9.17) is 11.6 Å². The van der Waals surface area contributed by atoms with E-state index in [0.29, 0.717) is 25.9 Å². The number of nitrogens with one attached hydrogen (secondary N) is 1. The molecule has 26 heavy (non-hydrogen) atoms. The number of rotatable bonds is 3. The smallest absolute Gasteiger partial charge is 0.342 e. The Morgan fingerprint density at radius 2 is 1.73 bits per heavy atom. The van der Waals surface area contributed by atoms with E-state index >= 15 is 0 Å². The lowest BCUT2D eigenvalue weighted by molar-refractivity contribution is -0.140. The van der Waals surface area contributed by atoms with Crippen LogP contribution in [0.3, 0.4) is 0 Å². The van der Waals surface area contributed by atoms with Gasteiger partial charge in [-0.2, -0.15) is 13.2 Å². The molecule has 2 amide bonds. The summed E-state index contributed by atoms with van der Waals surface area (Å²) in [4.78, 5) is 26.4. The lowest BCUT2D eigenvalue weighted by Crippen LogP contribution is -2.45. The molecule has 1 aliphatic heterocycles. The Balaban J connectivity index is 1.57. The van der Waals surface area contributed by atoms with Crippen LogP contribution in [-0.4, -0.2) is 29.8 Å². The molecule has 1 aliphatic carbocycles. The summed E-state index contributed by atoms with van der Waals surface area (Å²) in [6.45, 7) is 1.03.